The summed E-state index contributed by atoms with van der Waals surface area (Å²) in [7, 11) is 0. The molecule has 92 valence electrons. The Hall–Kier alpha value is -1.98. The van der Waals surface area contributed by atoms with Crippen molar-refractivity contribution in [3.8, 4) is 0 Å². The summed E-state index contributed by atoms with van der Waals surface area (Å²) in [6.07, 6.45) is 3.22. The molecule has 1 aliphatic rings. The number of nitrogen functional groups attached to an aromatic ring is 1. The van der Waals surface area contributed by atoms with E-state index in [0.717, 1.165) is 24.2 Å². The van der Waals surface area contributed by atoms with Gasteiger partial charge in [0.25, 0.3) is 0 Å². The fraction of sp³-hybridized carbons (Fsp3) is 0.455. The van der Waals surface area contributed by atoms with Crippen LogP contribution in [0.5, 0.6) is 0 Å². The zero-order valence-electron chi connectivity index (χ0n) is 9.68. The molecular formula is C11H16N4O2. The maximum absolute atomic E-state index is 10.6. The Kier molecular flexibility index (Phi) is 3.03. The van der Waals surface area contributed by atoms with Gasteiger partial charge in [0, 0.05) is 19.3 Å². The predicted molar refractivity (Wildman–Crippen MR) is 65.2 cm³/mol. The highest BCUT2D eigenvalue weighted by molar-refractivity contribution is 5.71. The summed E-state index contributed by atoms with van der Waals surface area (Å²) in [5.74, 6) is 0. The van der Waals surface area contributed by atoms with Gasteiger partial charge in [0.15, 0.2) is 0 Å². The van der Waals surface area contributed by atoms with Crippen molar-refractivity contribution in [2.75, 3.05) is 23.7 Å². The van der Waals surface area contributed by atoms with Gasteiger partial charge in [-0.15, -0.1) is 0 Å². The molecule has 1 aliphatic heterocycles. The number of pyridine rings is 1. The first kappa shape index (κ1) is 11.5. The number of nitrogens with one attached hydrogen (secondary N) is 1. The van der Waals surface area contributed by atoms with Gasteiger partial charge in [0.2, 0.25) is 0 Å². The molecule has 1 fully saturated rings. The number of carboxylic acid groups (broad SMARTS) is 1. The van der Waals surface area contributed by atoms with Gasteiger partial charge in [0.1, 0.15) is 0 Å². The molecular weight excluding hydrogens is 220 g/mol. The second-order valence-electron chi connectivity index (χ2n) is 4.28. The maximum Gasteiger partial charge on any atom is 0.404 e. The first-order valence-electron chi connectivity index (χ1n) is 5.52. The van der Waals surface area contributed by atoms with Crippen LogP contribution in [0.2, 0.25) is 0 Å². The van der Waals surface area contributed by atoms with Crippen molar-refractivity contribution in [2.24, 2.45) is 0 Å². The van der Waals surface area contributed by atoms with Gasteiger partial charge in [-0.1, -0.05) is 0 Å². The van der Waals surface area contributed by atoms with Crippen LogP contribution >= 0.6 is 0 Å². The largest absolute Gasteiger partial charge is 0.465 e. The molecule has 2 heterocycles. The van der Waals surface area contributed by atoms with E-state index in [2.05, 4.69) is 15.2 Å². The molecule has 0 aromatic carbocycles. The summed E-state index contributed by atoms with van der Waals surface area (Å²) in [5.41, 5.74) is 8.53. The van der Waals surface area contributed by atoms with Gasteiger partial charge < -0.3 is 21.1 Å². The third-order valence-corrected chi connectivity index (χ3v) is 2.96. The fourth-order valence-electron chi connectivity index (χ4n) is 2.27. The van der Waals surface area contributed by atoms with E-state index in [1.54, 1.807) is 12.4 Å². The Labute approximate surface area is 99.4 Å². The summed E-state index contributed by atoms with van der Waals surface area (Å²) in [6, 6.07) is -0.0283. The number of anilines is 2. The zero-order valence-corrected chi connectivity index (χ0v) is 9.68. The van der Waals surface area contributed by atoms with Crippen molar-refractivity contribution in [1.82, 2.24) is 10.3 Å². The van der Waals surface area contributed by atoms with Gasteiger partial charge in [-0.3, -0.25) is 4.98 Å². The van der Waals surface area contributed by atoms with Gasteiger partial charge in [-0.05, 0) is 18.9 Å². The van der Waals surface area contributed by atoms with Crippen LogP contribution in [-0.2, 0) is 0 Å². The molecule has 0 aliphatic carbocycles. The number of rotatable bonds is 2. The number of nitrogens with two attached hydrogens (primary N) is 1. The van der Waals surface area contributed by atoms with E-state index in [0.29, 0.717) is 12.2 Å². The van der Waals surface area contributed by atoms with Crippen molar-refractivity contribution in [3.63, 3.8) is 0 Å². The number of aromatic nitrogens is 1. The van der Waals surface area contributed by atoms with Gasteiger partial charge in [-0.25, -0.2) is 4.79 Å². The van der Waals surface area contributed by atoms with E-state index in [1.807, 2.05) is 6.92 Å². The molecule has 0 bridgehead atoms. The van der Waals surface area contributed by atoms with Gasteiger partial charge in [0.05, 0.1) is 23.6 Å². The molecule has 1 atom stereocenters. The van der Waals surface area contributed by atoms with Crippen LogP contribution in [0, 0.1) is 6.92 Å². The molecule has 6 heteroatoms. The van der Waals surface area contributed by atoms with E-state index < -0.39 is 6.09 Å². The normalized spacial score (nSPS) is 19.4. The maximum atomic E-state index is 10.6. The fourth-order valence-corrected chi connectivity index (χ4v) is 2.27. The van der Waals surface area contributed by atoms with Crippen LogP contribution in [0.1, 0.15) is 12.0 Å². The highest BCUT2D eigenvalue weighted by atomic mass is 16.4. The molecule has 0 radical (unpaired) electrons. The second kappa shape index (κ2) is 4.48. The highest BCUT2D eigenvalue weighted by Crippen LogP contribution is 2.29. The topological polar surface area (TPSA) is 91.5 Å². The van der Waals surface area contributed by atoms with Crippen molar-refractivity contribution in [3.05, 3.63) is 18.0 Å². The number of hydrogen-bond acceptors (Lipinski definition) is 4. The van der Waals surface area contributed by atoms with E-state index in [4.69, 9.17) is 10.8 Å². The quantitative estimate of drug-likeness (QED) is 0.707. The van der Waals surface area contributed by atoms with Crippen LogP contribution in [-0.4, -0.2) is 35.3 Å². The minimum atomic E-state index is -0.976. The molecule has 1 aromatic heterocycles. The van der Waals surface area contributed by atoms with Crippen LogP contribution in [0.4, 0.5) is 16.2 Å². The summed E-state index contributed by atoms with van der Waals surface area (Å²) in [6.45, 7) is 3.41. The third kappa shape index (κ3) is 2.41. The Bertz CT molecular complexity index is 415. The van der Waals surface area contributed by atoms with E-state index >= 15 is 0 Å². The molecule has 2 rings (SSSR count). The monoisotopic (exact) mass is 236 g/mol. The molecule has 1 saturated heterocycles. The summed E-state index contributed by atoms with van der Waals surface area (Å²) < 4.78 is 0. The highest BCUT2D eigenvalue weighted by Gasteiger charge is 2.25. The Morgan fingerprint density at radius 3 is 3.06 bits per heavy atom. The SMILES string of the molecule is Cc1cncc(N)c1N1CC[C@H](NC(=O)O)C1. The van der Waals surface area contributed by atoms with E-state index in [9.17, 15) is 4.79 Å². The smallest absolute Gasteiger partial charge is 0.404 e. The zero-order chi connectivity index (χ0) is 12.4. The van der Waals surface area contributed by atoms with Crippen LogP contribution < -0.4 is 16.0 Å². The van der Waals surface area contributed by atoms with Crippen molar-refractivity contribution in [2.45, 2.75) is 19.4 Å². The van der Waals surface area contributed by atoms with Crippen LogP contribution in [0.3, 0.4) is 0 Å². The number of hydrogen-bond donors (Lipinski definition) is 3. The lowest BCUT2D eigenvalue weighted by atomic mass is 10.2. The number of aryl methyl sites for hydroxylation is 1. The predicted octanol–water partition coefficient (Wildman–Crippen LogP) is 0.819. The molecule has 4 N–H and O–H groups in total. The lowest BCUT2D eigenvalue weighted by Crippen LogP contribution is -2.36. The minimum Gasteiger partial charge on any atom is -0.465 e. The Morgan fingerprint density at radius 2 is 2.41 bits per heavy atom. The molecule has 1 aromatic rings. The molecule has 0 spiro atoms. The first-order valence-corrected chi connectivity index (χ1v) is 5.52. The Balaban J connectivity index is 2.12. The average molecular weight is 236 g/mol. The second-order valence-corrected chi connectivity index (χ2v) is 4.28. The molecule has 1 amide bonds. The van der Waals surface area contributed by atoms with E-state index in [-0.39, 0.29) is 6.04 Å². The first-order chi connectivity index (χ1) is 8.08. The average Bonchev–Trinajstić information content (AvgIpc) is 2.65. The van der Waals surface area contributed by atoms with Crippen molar-refractivity contribution < 1.29 is 9.90 Å². The number of carbonyl (C=O) groups is 1. The number of nitrogens with zero attached hydrogens (tertiary/aromatic N) is 2. The summed E-state index contributed by atoms with van der Waals surface area (Å²) in [4.78, 5) is 16.7. The molecule has 17 heavy (non-hydrogen) atoms. The van der Waals surface area contributed by atoms with Crippen molar-refractivity contribution in [1.29, 1.82) is 0 Å². The van der Waals surface area contributed by atoms with Crippen LogP contribution in [0.25, 0.3) is 0 Å². The lowest BCUT2D eigenvalue weighted by Gasteiger charge is -2.22. The van der Waals surface area contributed by atoms with Gasteiger partial charge >= 0.3 is 6.09 Å². The minimum absolute atomic E-state index is 0.0283. The van der Waals surface area contributed by atoms with Gasteiger partial charge in [-0.2, -0.15) is 0 Å². The number of amides is 1. The Morgan fingerprint density at radius 1 is 1.65 bits per heavy atom. The molecule has 6 nitrogen and oxygen atoms in total. The van der Waals surface area contributed by atoms with E-state index in [1.165, 1.54) is 0 Å². The lowest BCUT2D eigenvalue weighted by molar-refractivity contribution is 0.191. The summed E-state index contributed by atoms with van der Waals surface area (Å²) in [5, 5.41) is 11.2. The van der Waals surface area contributed by atoms with Crippen molar-refractivity contribution >= 4 is 17.5 Å². The van der Waals surface area contributed by atoms with Crippen LogP contribution in [0.15, 0.2) is 12.4 Å². The third-order valence-electron chi connectivity index (χ3n) is 2.96. The summed E-state index contributed by atoms with van der Waals surface area (Å²) >= 11 is 0. The molecule has 0 saturated carbocycles. The standard InChI is InChI=1S/C11H16N4O2/c1-7-4-13-5-9(12)10(7)15-3-2-8(6-15)14-11(16)17/h4-5,8,14H,2-3,6,12H2,1H3,(H,16,17)/t8-/m0/s1. The molecule has 0 unspecified atom stereocenters.